The van der Waals surface area contributed by atoms with Crippen LogP contribution in [0.4, 0.5) is 10.1 Å². The highest BCUT2D eigenvalue weighted by atomic mass is 19.1. The van der Waals surface area contributed by atoms with E-state index in [4.69, 9.17) is 0 Å². The second-order valence-corrected chi connectivity index (χ2v) is 5.94. The number of anilines is 1. The number of piperidine rings is 1. The van der Waals surface area contributed by atoms with E-state index in [1.54, 1.807) is 12.1 Å². The molecule has 1 heterocycles. The van der Waals surface area contributed by atoms with Gasteiger partial charge in [0.25, 0.3) is 0 Å². The number of benzene rings is 1. The lowest BCUT2D eigenvalue weighted by atomic mass is 9.83. The fraction of sp³-hybridized carbons (Fsp3) is 0.600. The fourth-order valence-corrected chi connectivity index (χ4v) is 2.31. The normalized spacial score (nSPS) is 19.7. The van der Waals surface area contributed by atoms with E-state index in [9.17, 15) is 4.39 Å². The summed E-state index contributed by atoms with van der Waals surface area (Å²) in [6.45, 7) is 9.07. The molecule has 0 amide bonds. The van der Waals surface area contributed by atoms with Crippen molar-refractivity contribution in [3.05, 3.63) is 30.1 Å². The third kappa shape index (κ3) is 3.98. The van der Waals surface area contributed by atoms with Gasteiger partial charge in [0, 0.05) is 18.8 Å². The molecule has 100 valence electrons. The van der Waals surface area contributed by atoms with Crippen molar-refractivity contribution in [2.24, 2.45) is 5.41 Å². The van der Waals surface area contributed by atoms with Crippen molar-refractivity contribution in [2.75, 3.05) is 31.5 Å². The van der Waals surface area contributed by atoms with Gasteiger partial charge in [-0.15, -0.1) is 0 Å². The second-order valence-electron chi connectivity index (χ2n) is 5.94. The Kier molecular flexibility index (Phi) is 4.23. The molecule has 18 heavy (non-hydrogen) atoms. The van der Waals surface area contributed by atoms with E-state index in [0.29, 0.717) is 5.41 Å². The maximum Gasteiger partial charge on any atom is 0.123 e. The SMILES string of the molecule is CC1(C)CCN(CCNc2ccc(F)cc2)CC1. The summed E-state index contributed by atoms with van der Waals surface area (Å²) in [6.07, 6.45) is 2.56. The molecule has 0 saturated carbocycles. The molecule has 0 aromatic heterocycles. The molecular formula is C15H23FN2. The highest BCUT2D eigenvalue weighted by Gasteiger charge is 2.24. The van der Waals surface area contributed by atoms with Gasteiger partial charge in [0.1, 0.15) is 5.82 Å². The monoisotopic (exact) mass is 250 g/mol. The van der Waals surface area contributed by atoms with Gasteiger partial charge in [-0.1, -0.05) is 13.8 Å². The van der Waals surface area contributed by atoms with Gasteiger partial charge in [-0.05, 0) is 55.6 Å². The van der Waals surface area contributed by atoms with E-state index < -0.39 is 0 Å². The number of rotatable bonds is 4. The number of nitrogens with zero attached hydrogens (tertiary/aromatic N) is 1. The first-order valence-electron chi connectivity index (χ1n) is 6.77. The first-order chi connectivity index (χ1) is 8.55. The van der Waals surface area contributed by atoms with Crippen molar-refractivity contribution in [2.45, 2.75) is 26.7 Å². The Labute approximate surface area is 109 Å². The molecule has 0 spiro atoms. The molecule has 1 aliphatic rings. The molecule has 0 bridgehead atoms. The van der Waals surface area contributed by atoms with Crippen LogP contribution in [0.25, 0.3) is 0 Å². The zero-order chi connectivity index (χ0) is 13.0. The smallest absolute Gasteiger partial charge is 0.123 e. The van der Waals surface area contributed by atoms with Crippen LogP contribution in [0, 0.1) is 11.2 Å². The average Bonchev–Trinajstić information content (AvgIpc) is 2.34. The molecule has 0 aliphatic carbocycles. The first kappa shape index (κ1) is 13.3. The Morgan fingerprint density at radius 3 is 2.39 bits per heavy atom. The van der Waals surface area contributed by atoms with E-state index in [2.05, 4.69) is 24.1 Å². The number of likely N-dealkylation sites (tertiary alicyclic amines) is 1. The average molecular weight is 250 g/mol. The zero-order valence-electron chi connectivity index (χ0n) is 11.4. The molecule has 0 radical (unpaired) electrons. The number of hydrogen-bond donors (Lipinski definition) is 1. The van der Waals surface area contributed by atoms with Crippen LogP contribution >= 0.6 is 0 Å². The third-order valence-corrected chi connectivity index (χ3v) is 3.81. The summed E-state index contributed by atoms with van der Waals surface area (Å²) >= 11 is 0. The lowest BCUT2D eigenvalue weighted by Crippen LogP contribution is -2.39. The maximum atomic E-state index is 12.7. The van der Waals surface area contributed by atoms with Gasteiger partial charge in [-0.3, -0.25) is 0 Å². The molecule has 1 aromatic rings. The van der Waals surface area contributed by atoms with Crippen LogP contribution in [-0.4, -0.2) is 31.1 Å². The van der Waals surface area contributed by atoms with Gasteiger partial charge in [-0.2, -0.15) is 0 Å². The lowest BCUT2D eigenvalue weighted by molar-refractivity contribution is 0.137. The van der Waals surface area contributed by atoms with Crippen LogP contribution in [0.1, 0.15) is 26.7 Å². The minimum Gasteiger partial charge on any atom is -0.384 e. The Morgan fingerprint density at radius 2 is 1.78 bits per heavy atom. The standard InChI is InChI=1S/C15H23FN2/c1-15(2)7-10-18(11-8-15)12-9-17-14-5-3-13(16)4-6-14/h3-6,17H,7-12H2,1-2H3. The number of halogens is 1. The summed E-state index contributed by atoms with van der Waals surface area (Å²) < 4.78 is 12.7. The molecule has 1 aromatic carbocycles. The third-order valence-electron chi connectivity index (χ3n) is 3.81. The summed E-state index contributed by atoms with van der Waals surface area (Å²) in [5.74, 6) is -0.182. The highest BCUT2D eigenvalue weighted by Crippen LogP contribution is 2.29. The van der Waals surface area contributed by atoms with Gasteiger partial charge in [-0.25, -0.2) is 4.39 Å². The summed E-state index contributed by atoms with van der Waals surface area (Å²) in [5, 5.41) is 3.33. The molecule has 0 unspecified atom stereocenters. The predicted molar refractivity (Wildman–Crippen MR) is 74.3 cm³/mol. The minimum atomic E-state index is -0.182. The van der Waals surface area contributed by atoms with Crippen LogP contribution in [-0.2, 0) is 0 Å². The molecule has 1 N–H and O–H groups in total. The van der Waals surface area contributed by atoms with E-state index in [1.165, 1.54) is 38.1 Å². The first-order valence-corrected chi connectivity index (χ1v) is 6.77. The van der Waals surface area contributed by atoms with Crippen LogP contribution in [0.5, 0.6) is 0 Å². The molecule has 2 nitrogen and oxygen atoms in total. The van der Waals surface area contributed by atoms with Gasteiger partial charge in [0.15, 0.2) is 0 Å². The van der Waals surface area contributed by atoms with Gasteiger partial charge in [0.05, 0.1) is 0 Å². The number of nitrogens with one attached hydrogen (secondary N) is 1. The van der Waals surface area contributed by atoms with Crippen molar-refractivity contribution >= 4 is 5.69 Å². The highest BCUT2D eigenvalue weighted by molar-refractivity contribution is 5.42. The topological polar surface area (TPSA) is 15.3 Å². The van der Waals surface area contributed by atoms with E-state index in [0.717, 1.165) is 18.8 Å². The van der Waals surface area contributed by atoms with E-state index in [1.807, 2.05) is 0 Å². The lowest BCUT2D eigenvalue weighted by Gasteiger charge is -2.36. The predicted octanol–water partition coefficient (Wildman–Crippen LogP) is 3.36. The van der Waals surface area contributed by atoms with Crippen molar-refractivity contribution < 1.29 is 4.39 Å². The minimum absolute atomic E-state index is 0.182. The van der Waals surface area contributed by atoms with Gasteiger partial charge >= 0.3 is 0 Å². The van der Waals surface area contributed by atoms with Crippen LogP contribution in [0.3, 0.4) is 0 Å². The Morgan fingerprint density at radius 1 is 1.17 bits per heavy atom. The Bertz CT molecular complexity index is 363. The fourth-order valence-electron chi connectivity index (χ4n) is 2.31. The van der Waals surface area contributed by atoms with Crippen molar-refractivity contribution in [3.8, 4) is 0 Å². The van der Waals surface area contributed by atoms with Gasteiger partial charge < -0.3 is 10.2 Å². The molecule has 2 rings (SSSR count). The zero-order valence-corrected chi connectivity index (χ0v) is 11.4. The Balaban J connectivity index is 1.68. The molecule has 1 saturated heterocycles. The molecule has 1 aliphatic heterocycles. The van der Waals surface area contributed by atoms with Crippen LogP contribution in [0.15, 0.2) is 24.3 Å². The molecular weight excluding hydrogens is 227 g/mol. The summed E-state index contributed by atoms with van der Waals surface area (Å²) in [7, 11) is 0. The summed E-state index contributed by atoms with van der Waals surface area (Å²) in [6, 6.07) is 6.56. The van der Waals surface area contributed by atoms with E-state index >= 15 is 0 Å². The quantitative estimate of drug-likeness (QED) is 0.881. The summed E-state index contributed by atoms with van der Waals surface area (Å²) in [4.78, 5) is 2.50. The second kappa shape index (κ2) is 5.70. The summed E-state index contributed by atoms with van der Waals surface area (Å²) in [5.41, 5.74) is 1.51. The van der Waals surface area contributed by atoms with Crippen LogP contribution in [0.2, 0.25) is 0 Å². The van der Waals surface area contributed by atoms with Crippen molar-refractivity contribution in [1.29, 1.82) is 0 Å². The largest absolute Gasteiger partial charge is 0.384 e. The van der Waals surface area contributed by atoms with Gasteiger partial charge in [0.2, 0.25) is 0 Å². The molecule has 3 heteroatoms. The molecule has 0 atom stereocenters. The number of hydrogen-bond acceptors (Lipinski definition) is 2. The van der Waals surface area contributed by atoms with Crippen molar-refractivity contribution in [3.63, 3.8) is 0 Å². The van der Waals surface area contributed by atoms with Crippen molar-refractivity contribution in [1.82, 2.24) is 4.90 Å². The maximum absolute atomic E-state index is 12.7. The molecule has 1 fully saturated rings. The van der Waals surface area contributed by atoms with Crippen LogP contribution < -0.4 is 5.32 Å². The Hall–Kier alpha value is -1.09. The van der Waals surface area contributed by atoms with E-state index in [-0.39, 0.29) is 5.82 Å².